The number of nitrogens with one attached hydrogen (secondary N) is 1. The van der Waals surface area contributed by atoms with Crippen molar-refractivity contribution in [2.45, 2.75) is 63.3 Å². The van der Waals surface area contributed by atoms with Gasteiger partial charge in [0.15, 0.2) is 0 Å². The monoisotopic (exact) mass is 495 g/mol. The molecule has 0 unspecified atom stereocenters. The van der Waals surface area contributed by atoms with E-state index in [1.54, 1.807) is 18.2 Å². The number of piperidine rings is 1. The molecule has 186 valence electrons. The lowest BCUT2D eigenvalue weighted by Crippen LogP contribution is -2.42. The number of nitrogens with zero attached hydrogens (tertiary/aromatic N) is 2. The Morgan fingerprint density at radius 1 is 0.943 bits per heavy atom. The van der Waals surface area contributed by atoms with Crippen LogP contribution in [0.2, 0.25) is 0 Å². The van der Waals surface area contributed by atoms with Gasteiger partial charge in [-0.3, -0.25) is 9.59 Å². The van der Waals surface area contributed by atoms with Crippen molar-refractivity contribution in [3.8, 4) is 0 Å². The minimum atomic E-state index is -3.66. The molecule has 0 bridgehead atoms. The molecule has 1 saturated heterocycles. The van der Waals surface area contributed by atoms with Crippen LogP contribution in [0.5, 0.6) is 0 Å². The van der Waals surface area contributed by atoms with Crippen LogP contribution >= 0.6 is 0 Å². The van der Waals surface area contributed by atoms with Gasteiger partial charge in [0.2, 0.25) is 21.8 Å². The highest BCUT2D eigenvalue weighted by molar-refractivity contribution is 7.89. The zero-order valence-corrected chi connectivity index (χ0v) is 21.2. The molecule has 2 aromatic rings. The number of benzene rings is 2. The molecule has 8 heteroatoms. The molecule has 2 amide bonds. The second kappa shape index (κ2) is 9.39. The predicted octanol–water partition coefficient (Wildman–Crippen LogP) is 4.11. The van der Waals surface area contributed by atoms with Gasteiger partial charge in [0.25, 0.3) is 0 Å². The number of rotatable bonds is 5. The molecule has 0 aromatic heterocycles. The van der Waals surface area contributed by atoms with Crippen molar-refractivity contribution in [1.82, 2.24) is 4.31 Å². The van der Waals surface area contributed by atoms with Crippen molar-refractivity contribution in [3.63, 3.8) is 0 Å². The largest absolute Gasteiger partial charge is 0.326 e. The predicted molar refractivity (Wildman–Crippen MR) is 136 cm³/mol. The van der Waals surface area contributed by atoms with E-state index in [0.717, 1.165) is 41.8 Å². The van der Waals surface area contributed by atoms with Crippen LogP contribution in [-0.2, 0) is 26.0 Å². The molecule has 2 aliphatic heterocycles. The second-order valence-corrected chi connectivity index (χ2v) is 12.2. The Balaban J connectivity index is 1.24. The molecule has 35 heavy (non-hydrogen) atoms. The van der Waals surface area contributed by atoms with E-state index >= 15 is 0 Å². The summed E-state index contributed by atoms with van der Waals surface area (Å²) in [6.07, 6.45) is 4.64. The van der Waals surface area contributed by atoms with E-state index in [1.165, 1.54) is 4.31 Å². The molecule has 2 aromatic carbocycles. The van der Waals surface area contributed by atoms with Crippen LogP contribution < -0.4 is 10.2 Å². The van der Waals surface area contributed by atoms with E-state index in [1.807, 2.05) is 43.0 Å². The molecule has 3 aliphatic rings. The molecule has 7 nitrogen and oxygen atoms in total. The van der Waals surface area contributed by atoms with Gasteiger partial charge in [0.1, 0.15) is 0 Å². The van der Waals surface area contributed by atoms with E-state index in [4.69, 9.17) is 0 Å². The van der Waals surface area contributed by atoms with Gasteiger partial charge in [0, 0.05) is 42.3 Å². The number of fused-ring (bicyclic) bond motifs is 1. The minimum Gasteiger partial charge on any atom is -0.326 e. The number of amides is 2. The van der Waals surface area contributed by atoms with Crippen molar-refractivity contribution < 1.29 is 18.0 Å². The van der Waals surface area contributed by atoms with Crippen molar-refractivity contribution in [2.24, 2.45) is 11.8 Å². The highest BCUT2D eigenvalue weighted by Gasteiger charge is 2.38. The number of aryl methyl sites for hydroxylation is 1. The van der Waals surface area contributed by atoms with Gasteiger partial charge in [-0.25, -0.2) is 8.42 Å². The number of hydrogen-bond acceptors (Lipinski definition) is 4. The SMILES string of the molecule is Cc1ccc(NC(=O)C2CCN(S(=O)(=O)c3ccc4c(c3)C[C@@H](C)N4C(=O)C3CCC3)CC2)cc1. The van der Waals surface area contributed by atoms with E-state index in [0.29, 0.717) is 32.4 Å². The first kappa shape index (κ1) is 24.0. The Morgan fingerprint density at radius 3 is 2.26 bits per heavy atom. The standard InChI is InChI=1S/C27H33N3O4S/c1-18-6-8-23(9-7-18)28-26(31)20-12-14-29(15-13-20)35(33,34)24-10-11-25-22(17-24)16-19(2)30(25)27(32)21-4-3-5-21/h6-11,17,19-21H,3-5,12-16H2,1-2H3,(H,28,31)/t19-/m1/s1. The van der Waals surface area contributed by atoms with Crippen molar-refractivity contribution >= 4 is 33.2 Å². The Kier molecular flexibility index (Phi) is 6.44. The zero-order chi connectivity index (χ0) is 24.7. The summed E-state index contributed by atoms with van der Waals surface area (Å²) in [7, 11) is -3.66. The molecule has 0 radical (unpaired) electrons. The molecule has 1 atom stereocenters. The van der Waals surface area contributed by atoms with E-state index in [9.17, 15) is 18.0 Å². The summed E-state index contributed by atoms with van der Waals surface area (Å²) >= 11 is 0. The molecule has 1 saturated carbocycles. The quantitative estimate of drug-likeness (QED) is 0.676. The summed E-state index contributed by atoms with van der Waals surface area (Å²) < 4.78 is 28.3. The van der Waals surface area contributed by atoms with Gasteiger partial charge in [-0.2, -0.15) is 4.31 Å². The zero-order valence-electron chi connectivity index (χ0n) is 20.4. The highest BCUT2D eigenvalue weighted by atomic mass is 32.2. The third kappa shape index (κ3) is 4.61. The lowest BCUT2D eigenvalue weighted by molar-refractivity contribution is -0.125. The maximum Gasteiger partial charge on any atom is 0.243 e. The lowest BCUT2D eigenvalue weighted by Gasteiger charge is -2.32. The Bertz CT molecular complexity index is 1230. The number of hydrogen-bond donors (Lipinski definition) is 1. The molecule has 1 N–H and O–H groups in total. The first-order valence-corrected chi connectivity index (χ1v) is 14.0. The fourth-order valence-electron chi connectivity index (χ4n) is 5.34. The van der Waals surface area contributed by atoms with Crippen molar-refractivity contribution in [1.29, 1.82) is 0 Å². The first-order valence-electron chi connectivity index (χ1n) is 12.6. The average Bonchev–Trinajstić information content (AvgIpc) is 3.14. The topological polar surface area (TPSA) is 86.8 Å². The average molecular weight is 496 g/mol. The third-order valence-corrected chi connectivity index (χ3v) is 9.63. The van der Waals surface area contributed by atoms with E-state index in [-0.39, 0.29) is 34.6 Å². The second-order valence-electron chi connectivity index (χ2n) is 10.2. The van der Waals surface area contributed by atoms with Crippen LogP contribution in [0.15, 0.2) is 47.4 Å². The maximum absolute atomic E-state index is 13.4. The highest BCUT2D eigenvalue weighted by Crippen LogP contribution is 2.38. The van der Waals surface area contributed by atoms with Crippen LogP contribution in [0, 0.1) is 18.8 Å². The summed E-state index contributed by atoms with van der Waals surface area (Å²) in [4.78, 5) is 27.7. The summed E-state index contributed by atoms with van der Waals surface area (Å²) in [6, 6.07) is 12.9. The van der Waals surface area contributed by atoms with Gasteiger partial charge in [-0.15, -0.1) is 0 Å². The smallest absolute Gasteiger partial charge is 0.243 e. The van der Waals surface area contributed by atoms with Gasteiger partial charge in [-0.1, -0.05) is 24.1 Å². The van der Waals surface area contributed by atoms with E-state index in [2.05, 4.69) is 5.32 Å². The molecule has 1 aliphatic carbocycles. The molecule has 0 spiro atoms. The van der Waals surface area contributed by atoms with Crippen molar-refractivity contribution in [3.05, 3.63) is 53.6 Å². The fourth-order valence-corrected chi connectivity index (χ4v) is 6.87. The lowest BCUT2D eigenvalue weighted by atomic mass is 9.84. The third-order valence-electron chi connectivity index (χ3n) is 7.74. The first-order chi connectivity index (χ1) is 16.7. The van der Waals surface area contributed by atoms with Crippen LogP contribution in [0.1, 0.15) is 50.2 Å². The Hall–Kier alpha value is -2.71. The van der Waals surface area contributed by atoms with Gasteiger partial charge in [-0.05, 0) is 81.8 Å². The number of sulfonamides is 1. The Morgan fingerprint density at radius 2 is 1.63 bits per heavy atom. The van der Waals surface area contributed by atoms with Crippen LogP contribution in [-0.4, -0.2) is 43.7 Å². The maximum atomic E-state index is 13.4. The van der Waals surface area contributed by atoms with Gasteiger partial charge >= 0.3 is 0 Å². The summed E-state index contributed by atoms with van der Waals surface area (Å²) in [6.45, 7) is 4.65. The summed E-state index contributed by atoms with van der Waals surface area (Å²) in [5.41, 5.74) is 3.64. The van der Waals surface area contributed by atoms with E-state index < -0.39 is 10.0 Å². The van der Waals surface area contributed by atoms with Crippen LogP contribution in [0.4, 0.5) is 11.4 Å². The number of carbonyl (C=O) groups excluding carboxylic acids is 2. The molecular weight excluding hydrogens is 462 g/mol. The minimum absolute atomic E-state index is 0.0406. The normalized spacial score (nSPS) is 21.4. The van der Waals surface area contributed by atoms with Crippen molar-refractivity contribution in [2.75, 3.05) is 23.3 Å². The molecule has 2 fully saturated rings. The molecule has 5 rings (SSSR count). The fraction of sp³-hybridized carbons (Fsp3) is 0.481. The van der Waals surface area contributed by atoms with Crippen LogP contribution in [0.25, 0.3) is 0 Å². The molecular formula is C27H33N3O4S. The Labute approximate surface area is 207 Å². The molecule has 2 heterocycles. The van der Waals surface area contributed by atoms with Crippen LogP contribution in [0.3, 0.4) is 0 Å². The number of anilines is 2. The summed E-state index contributed by atoms with van der Waals surface area (Å²) in [5.74, 6) is 0.00347. The summed E-state index contributed by atoms with van der Waals surface area (Å²) in [5, 5.41) is 2.95. The number of carbonyl (C=O) groups is 2. The van der Waals surface area contributed by atoms with Gasteiger partial charge in [0.05, 0.1) is 4.90 Å². The van der Waals surface area contributed by atoms with Gasteiger partial charge < -0.3 is 10.2 Å².